The molecule has 104 heavy (non-hydrogen) atoms. The second-order valence-electron chi connectivity index (χ2n) is 29.7. The average Bonchev–Trinajstić information content (AvgIpc) is 1.46. The van der Waals surface area contributed by atoms with Crippen LogP contribution in [-0.2, 0) is 47.4 Å². The molecule has 0 radical (unpaired) electrons. The molecule has 27 nitrogen and oxygen atoms in total. The number of hydrogen-bond donors (Lipinski definition) is 12. The highest BCUT2D eigenvalue weighted by molar-refractivity contribution is 5.90. The van der Waals surface area contributed by atoms with Crippen molar-refractivity contribution in [3.63, 3.8) is 0 Å². The summed E-state index contributed by atoms with van der Waals surface area (Å²) in [5, 5.41) is 39.7. The maximum absolute atomic E-state index is 13.5. The lowest BCUT2D eigenvalue weighted by Crippen LogP contribution is -2.48. The summed E-state index contributed by atoms with van der Waals surface area (Å²) >= 11 is 0. The number of esters is 2. The van der Waals surface area contributed by atoms with Crippen LogP contribution < -0.4 is 65.4 Å². The Bertz CT molecular complexity index is 3040. The fraction of sp³-hybridized carbons (Fsp3) is 0.766. The number of hydrazine groups is 1. The first-order valence-corrected chi connectivity index (χ1v) is 40.4. The van der Waals surface area contributed by atoms with Crippen molar-refractivity contribution in [1.82, 2.24) is 81.6 Å². The summed E-state index contributed by atoms with van der Waals surface area (Å²) in [6.07, 6.45) is 21.9. The molecule has 15 N–H and O–H groups in total. The van der Waals surface area contributed by atoms with Gasteiger partial charge in [0.15, 0.2) is 0 Å². The Labute approximate surface area is 621 Å². The number of rotatable bonds is 57. The lowest BCUT2D eigenvalue weighted by molar-refractivity contribution is -0.189. The van der Waals surface area contributed by atoms with Crippen molar-refractivity contribution >= 4 is 34.7 Å². The largest absolute Gasteiger partial charge is 0.481 e. The average molecular weight is 1460 g/mol. The summed E-state index contributed by atoms with van der Waals surface area (Å²) in [5.74, 6) is 3.03. The minimum absolute atomic E-state index is 0.0154. The van der Waals surface area contributed by atoms with Crippen LogP contribution in [0.4, 0.5) is 0 Å². The highest BCUT2D eigenvalue weighted by atomic mass is 16.6. The van der Waals surface area contributed by atoms with Crippen LogP contribution in [0.2, 0.25) is 0 Å². The number of aromatic nitrogens is 2. The predicted molar refractivity (Wildman–Crippen MR) is 414 cm³/mol. The SMILES string of the molecule is CCCCN(CCNC1CCC1)CCN(CCNC1CCC1)CCN(CCN)CCCCCN(CCNCCN(CCNCCN)C1CCC1)CCN(N)CCNCCNCCNC1CCC1.CC[C@@]1(OC(=O)CNC(=O)CCC(=O)O)C(=O)OCc2c1cc1n(c2=O)Cc2cc3ccccc3nc2-1. The molecule has 1 atom stereocenters. The molecule has 27 heteroatoms. The molecule has 6 aliphatic rings. The monoisotopic (exact) mass is 1450 g/mol. The molecule has 586 valence electrons. The van der Waals surface area contributed by atoms with Crippen LogP contribution in [0.5, 0.6) is 0 Å². The predicted octanol–water partition coefficient (Wildman–Crippen LogP) is 2.51. The Balaban J connectivity index is 0.000000309. The zero-order valence-electron chi connectivity index (χ0n) is 63.7. The molecular formula is C77H135N19O8. The first-order chi connectivity index (χ1) is 50.8. The number of carboxylic acid groups (broad SMARTS) is 1. The third kappa shape index (κ3) is 28.4. The topological polar surface area (TPSA) is 336 Å². The van der Waals surface area contributed by atoms with Gasteiger partial charge in [-0.3, -0.25) is 34.8 Å². The van der Waals surface area contributed by atoms with Crippen molar-refractivity contribution in [3.8, 4) is 11.4 Å². The summed E-state index contributed by atoms with van der Waals surface area (Å²) in [6, 6.07) is 14.3. The number of nitrogens with one attached hydrogen (secondary N) is 8. The molecule has 0 bridgehead atoms. The Kier molecular flexibility index (Phi) is 38.6. The normalized spacial score (nSPS) is 17.4. The minimum atomic E-state index is -1.88. The number of benzene rings is 1. The van der Waals surface area contributed by atoms with E-state index in [0.29, 0.717) is 24.5 Å². The van der Waals surface area contributed by atoms with E-state index in [-0.39, 0.29) is 42.6 Å². The van der Waals surface area contributed by atoms with Gasteiger partial charge in [0.05, 0.1) is 35.4 Å². The molecule has 4 fully saturated rings. The van der Waals surface area contributed by atoms with Crippen LogP contribution in [0.25, 0.3) is 22.3 Å². The summed E-state index contributed by atoms with van der Waals surface area (Å²) in [7, 11) is 0. The number of fused-ring (bicyclic) bond motifs is 5. The molecule has 1 amide bonds. The van der Waals surface area contributed by atoms with Crippen molar-refractivity contribution in [2.24, 2.45) is 17.3 Å². The van der Waals surface area contributed by atoms with Gasteiger partial charge < -0.3 is 87.8 Å². The minimum Gasteiger partial charge on any atom is -0.481 e. The van der Waals surface area contributed by atoms with Crippen LogP contribution in [0, 0.1) is 0 Å². The number of carbonyl (C=O) groups is 4. The highest BCUT2D eigenvalue weighted by Crippen LogP contribution is 2.41. The van der Waals surface area contributed by atoms with E-state index in [9.17, 15) is 24.0 Å². The van der Waals surface area contributed by atoms with Crippen LogP contribution >= 0.6 is 0 Å². The van der Waals surface area contributed by atoms with Crippen molar-refractivity contribution < 1.29 is 33.8 Å². The van der Waals surface area contributed by atoms with Gasteiger partial charge in [-0.1, -0.05) is 70.6 Å². The summed E-state index contributed by atoms with van der Waals surface area (Å²) in [6.45, 7) is 33.5. The smallest absolute Gasteiger partial charge is 0.355 e. The quantitative estimate of drug-likeness (QED) is 0.0131. The zero-order valence-corrected chi connectivity index (χ0v) is 63.7. The Hall–Kier alpha value is -5.18. The Morgan fingerprint density at radius 1 is 0.606 bits per heavy atom. The first kappa shape index (κ1) is 84.4. The fourth-order valence-corrected chi connectivity index (χ4v) is 14.5. The molecule has 0 saturated heterocycles. The van der Waals surface area contributed by atoms with Crippen molar-refractivity contribution in [1.29, 1.82) is 0 Å². The van der Waals surface area contributed by atoms with Gasteiger partial charge in [0.25, 0.3) is 5.56 Å². The highest BCUT2D eigenvalue weighted by Gasteiger charge is 2.50. The standard InChI is InChI=1S/C51H112N16.C26H23N3O8/c1-2-3-32-63(37-30-60-49-13-8-14-49)43-45-65(38-31-61-50-15-9-16-50)44-42-62(35-20-53)33-5-4-6-34-64(36-26-58-28-40-66(51-17-10-18-51)39-27-55-21-19-52)46-47-67(54)41-29-57-23-22-56-24-25-59-48-11-7-12-48;1-2-26(37-22(33)11-27-20(30)7-8-21(31)32)17-10-19-23-15(9-14-5-3-4-6-18(14)28-23)12-29(19)24(34)16(17)13-36-25(26)35/h48-51,55-61H,2-47,52-54H2,1H3;3-6,9-10H,2,7-8,11-13H2,1H3,(H,27,30)(H,31,32)/t;26-/m.0/s1. The molecule has 2 aromatic heterocycles. The van der Waals surface area contributed by atoms with E-state index in [2.05, 4.69) is 74.0 Å². The van der Waals surface area contributed by atoms with E-state index in [1.54, 1.807) is 17.6 Å². The van der Waals surface area contributed by atoms with Gasteiger partial charge in [0.1, 0.15) is 13.2 Å². The number of pyridine rings is 2. The second kappa shape index (κ2) is 47.6. The van der Waals surface area contributed by atoms with Gasteiger partial charge in [-0.25, -0.2) is 14.8 Å². The molecule has 0 spiro atoms. The number of carboxylic acids is 1. The maximum Gasteiger partial charge on any atom is 0.355 e. The Morgan fingerprint density at radius 2 is 1.15 bits per heavy atom. The van der Waals surface area contributed by atoms with Gasteiger partial charge in [0, 0.05) is 217 Å². The van der Waals surface area contributed by atoms with Crippen molar-refractivity contribution in [3.05, 3.63) is 63.4 Å². The number of ether oxygens (including phenoxy) is 2. The van der Waals surface area contributed by atoms with Gasteiger partial charge in [-0.2, -0.15) is 0 Å². The lowest BCUT2D eigenvalue weighted by atomic mass is 9.85. The summed E-state index contributed by atoms with van der Waals surface area (Å²) in [4.78, 5) is 79.9. The number of para-hydroxylation sites is 1. The Morgan fingerprint density at radius 3 is 1.75 bits per heavy atom. The van der Waals surface area contributed by atoms with Crippen LogP contribution in [0.15, 0.2) is 41.2 Å². The maximum atomic E-state index is 13.5. The van der Waals surface area contributed by atoms with Crippen molar-refractivity contribution in [2.75, 3.05) is 196 Å². The number of carbonyl (C=O) groups excluding carboxylic acids is 3. The number of unbranched alkanes of at least 4 members (excludes halogenated alkanes) is 3. The molecule has 3 aromatic rings. The third-order valence-corrected chi connectivity index (χ3v) is 22.1. The molecule has 9 rings (SSSR count). The summed E-state index contributed by atoms with van der Waals surface area (Å²) < 4.78 is 12.5. The number of cyclic esters (lactones) is 1. The number of nitrogens with zero attached hydrogens (tertiary/aromatic N) is 8. The number of nitrogens with two attached hydrogens (primary N) is 3. The number of amides is 1. The van der Waals surface area contributed by atoms with E-state index in [1.165, 1.54) is 129 Å². The molecular weight excluding hydrogens is 1320 g/mol. The van der Waals surface area contributed by atoms with Gasteiger partial charge >= 0.3 is 17.9 Å². The van der Waals surface area contributed by atoms with E-state index in [4.69, 9.17) is 36.9 Å². The van der Waals surface area contributed by atoms with E-state index in [0.717, 1.165) is 204 Å². The van der Waals surface area contributed by atoms with E-state index < -0.39 is 36.0 Å². The zero-order chi connectivity index (χ0) is 73.6. The van der Waals surface area contributed by atoms with Crippen molar-refractivity contribution in [2.45, 2.75) is 185 Å². The van der Waals surface area contributed by atoms with Crippen LogP contribution in [0.3, 0.4) is 0 Å². The number of hydrogen-bond acceptors (Lipinski definition) is 24. The molecule has 2 aliphatic heterocycles. The van der Waals surface area contributed by atoms with E-state index in [1.807, 2.05) is 35.3 Å². The fourth-order valence-electron chi connectivity index (χ4n) is 14.5. The third-order valence-electron chi connectivity index (χ3n) is 22.1. The van der Waals surface area contributed by atoms with E-state index >= 15 is 0 Å². The molecule has 4 saturated carbocycles. The summed E-state index contributed by atoms with van der Waals surface area (Å²) in [5.41, 5.74) is 12.9. The molecule has 4 heterocycles. The van der Waals surface area contributed by atoms with Gasteiger partial charge in [-0.15, -0.1) is 0 Å². The second-order valence-corrected chi connectivity index (χ2v) is 29.7. The van der Waals surface area contributed by atoms with Crippen LogP contribution in [-0.4, -0.2) is 288 Å². The molecule has 4 aliphatic carbocycles. The number of aliphatic carboxylic acids is 1. The lowest BCUT2D eigenvalue weighted by Gasteiger charge is -2.37. The first-order valence-electron chi connectivity index (χ1n) is 40.4. The van der Waals surface area contributed by atoms with Crippen LogP contribution in [0.1, 0.15) is 159 Å². The molecule has 1 aromatic carbocycles. The molecule has 0 unspecified atom stereocenters. The van der Waals surface area contributed by atoms with Gasteiger partial charge in [-0.05, 0) is 115 Å². The van der Waals surface area contributed by atoms with Gasteiger partial charge in [0.2, 0.25) is 11.5 Å².